The molecule has 2 N–H and O–H groups in total. The fourth-order valence-electron chi connectivity index (χ4n) is 3.68. The first-order chi connectivity index (χ1) is 13.1. The molecule has 4 rings (SSSR count). The molecule has 1 aromatic heterocycles. The first kappa shape index (κ1) is 17.3. The molecule has 2 heterocycles. The molecule has 0 saturated carbocycles. The van der Waals surface area contributed by atoms with E-state index in [-0.39, 0.29) is 5.91 Å². The first-order valence-electron chi connectivity index (χ1n) is 9.33. The van der Waals surface area contributed by atoms with Crippen LogP contribution >= 0.6 is 0 Å². The number of fused-ring (bicyclic) bond motifs is 1. The minimum atomic E-state index is 0.0821. The van der Waals surface area contributed by atoms with Crippen LogP contribution in [-0.4, -0.2) is 17.4 Å². The molecule has 0 bridgehead atoms. The number of aryl methyl sites for hydroxylation is 2. The number of anilines is 2. The van der Waals surface area contributed by atoms with Gasteiger partial charge in [0.05, 0.1) is 5.69 Å². The van der Waals surface area contributed by atoms with E-state index in [9.17, 15) is 4.79 Å². The van der Waals surface area contributed by atoms with E-state index < -0.39 is 0 Å². The highest BCUT2D eigenvalue weighted by Crippen LogP contribution is 2.32. The number of benzene rings is 2. The normalized spacial score (nSPS) is 13.4. The summed E-state index contributed by atoms with van der Waals surface area (Å²) in [5.41, 5.74) is 10.7. The number of carbonyl (C=O) groups is 1. The molecule has 5 nitrogen and oxygen atoms in total. The van der Waals surface area contributed by atoms with Gasteiger partial charge in [0, 0.05) is 36.3 Å². The Morgan fingerprint density at radius 2 is 2.00 bits per heavy atom. The third-order valence-corrected chi connectivity index (χ3v) is 5.02. The molecule has 0 spiro atoms. The largest absolute Gasteiger partial charge is 0.440 e. The maximum atomic E-state index is 12.8. The van der Waals surface area contributed by atoms with Crippen LogP contribution in [0.15, 0.2) is 52.9 Å². The third-order valence-electron chi connectivity index (χ3n) is 5.02. The standard InChI is InChI=1S/C22H23N3O2/c1-15-22(16-7-3-2-4-8-16)27-20(24-15)12-13-21(26)25-14-6-9-17-18(23)10-5-11-19(17)25/h2-5,7-8,10-11H,6,9,12-14,23H2,1H3. The second-order valence-corrected chi connectivity index (χ2v) is 6.88. The molecule has 1 aliphatic rings. The molecule has 0 radical (unpaired) electrons. The van der Waals surface area contributed by atoms with E-state index in [0.29, 0.717) is 18.7 Å². The van der Waals surface area contributed by atoms with Gasteiger partial charge < -0.3 is 15.1 Å². The SMILES string of the molecule is Cc1nc(CCC(=O)N2CCCc3c(N)cccc32)oc1-c1ccccc1. The highest BCUT2D eigenvalue weighted by molar-refractivity contribution is 5.95. The van der Waals surface area contributed by atoms with Crippen LogP contribution in [0.1, 0.15) is 30.0 Å². The predicted octanol–water partition coefficient (Wildman–Crippen LogP) is 4.14. The average Bonchev–Trinajstić information content (AvgIpc) is 3.07. The van der Waals surface area contributed by atoms with Crippen LogP contribution in [0.4, 0.5) is 11.4 Å². The van der Waals surface area contributed by atoms with Gasteiger partial charge in [-0.1, -0.05) is 36.4 Å². The molecule has 138 valence electrons. The lowest BCUT2D eigenvalue weighted by atomic mass is 9.99. The summed E-state index contributed by atoms with van der Waals surface area (Å²) in [7, 11) is 0. The van der Waals surface area contributed by atoms with Crippen molar-refractivity contribution in [2.24, 2.45) is 0 Å². The van der Waals surface area contributed by atoms with Crippen molar-refractivity contribution < 1.29 is 9.21 Å². The second kappa shape index (κ2) is 7.27. The minimum Gasteiger partial charge on any atom is -0.440 e. The van der Waals surface area contributed by atoms with E-state index in [2.05, 4.69) is 4.98 Å². The van der Waals surface area contributed by atoms with Crippen molar-refractivity contribution >= 4 is 17.3 Å². The molecular weight excluding hydrogens is 338 g/mol. The van der Waals surface area contributed by atoms with Crippen molar-refractivity contribution in [3.05, 3.63) is 65.7 Å². The van der Waals surface area contributed by atoms with Gasteiger partial charge >= 0.3 is 0 Å². The van der Waals surface area contributed by atoms with Crippen molar-refractivity contribution in [2.75, 3.05) is 17.2 Å². The lowest BCUT2D eigenvalue weighted by molar-refractivity contribution is -0.118. The number of hydrogen-bond acceptors (Lipinski definition) is 4. The molecule has 1 amide bonds. The molecule has 2 aromatic carbocycles. The number of rotatable bonds is 4. The van der Waals surface area contributed by atoms with Gasteiger partial charge in [0.1, 0.15) is 0 Å². The number of nitrogen functional groups attached to an aromatic ring is 1. The van der Waals surface area contributed by atoms with Gasteiger partial charge in [-0.3, -0.25) is 4.79 Å². The van der Waals surface area contributed by atoms with E-state index in [4.69, 9.17) is 10.2 Å². The molecule has 5 heteroatoms. The summed E-state index contributed by atoms with van der Waals surface area (Å²) in [5, 5.41) is 0. The fraction of sp³-hybridized carbons (Fsp3) is 0.273. The number of hydrogen-bond donors (Lipinski definition) is 1. The summed E-state index contributed by atoms with van der Waals surface area (Å²) >= 11 is 0. The van der Waals surface area contributed by atoms with E-state index in [1.807, 2.05) is 60.4 Å². The molecule has 0 unspecified atom stereocenters. The molecular formula is C22H23N3O2. The Balaban J connectivity index is 1.48. The zero-order valence-electron chi connectivity index (χ0n) is 15.4. The van der Waals surface area contributed by atoms with Crippen LogP contribution in [-0.2, 0) is 17.6 Å². The van der Waals surface area contributed by atoms with Gasteiger partial charge in [0.2, 0.25) is 5.91 Å². The van der Waals surface area contributed by atoms with Crippen molar-refractivity contribution in [2.45, 2.75) is 32.6 Å². The number of nitrogens with zero attached hydrogens (tertiary/aromatic N) is 2. The van der Waals surface area contributed by atoms with Crippen molar-refractivity contribution in [1.29, 1.82) is 0 Å². The summed E-state index contributed by atoms with van der Waals surface area (Å²) in [6.45, 7) is 2.66. The summed E-state index contributed by atoms with van der Waals surface area (Å²) in [6, 6.07) is 15.7. The van der Waals surface area contributed by atoms with E-state index >= 15 is 0 Å². The second-order valence-electron chi connectivity index (χ2n) is 6.88. The van der Waals surface area contributed by atoms with Gasteiger partial charge in [-0.05, 0) is 37.5 Å². The van der Waals surface area contributed by atoms with Crippen LogP contribution in [0.5, 0.6) is 0 Å². The maximum Gasteiger partial charge on any atom is 0.227 e. The Morgan fingerprint density at radius 1 is 1.19 bits per heavy atom. The molecule has 0 saturated heterocycles. The first-order valence-corrected chi connectivity index (χ1v) is 9.33. The summed E-state index contributed by atoms with van der Waals surface area (Å²) in [6.07, 6.45) is 2.71. The van der Waals surface area contributed by atoms with Gasteiger partial charge in [0.15, 0.2) is 11.7 Å². The van der Waals surface area contributed by atoms with Gasteiger partial charge in [-0.25, -0.2) is 4.98 Å². The summed E-state index contributed by atoms with van der Waals surface area (Å²) < 4.78 is 5.92. The molecule has 0 aliphatic carbocycles. The Morgan fingerprint density at radius 3 is 2.81 bits per heavy atom. The monoisotopic (exact) mass is 361 g/mol. The van der Waals surface area contributed by atoms with Gasteiger partial charge in [-0.15, -0.1) is 0 Å². The number of carbonyl (C=O) groups excluding carboxylic acids is 1. The van der Waals surface area contributed by atoms with E-state index in [1.54, 1.807) is 0 Å². The third kappa shape index (κ3) is 3.45. The molecule has 0 fully saturated rings. The zero-order valence-corrected chi connectivity index (χ0v) is 15.4. The number of amides is 1. The van der Waals surface area contributed by atoms with Crippen molar-refractivity contribution in [3.63, 3.8) is 0 Å². The Kier molecular flexibility index (Phi) is 4.67. The molecule has 3 aromatic rings. The van der Waals surface area contributed by atoms with E-state index in [1.165, 1.54) is 0 Å². The van der Waals surface area contributed by atoms with Crippen LogP contribution in [0.2, 0.25) is 0 Å². The van der Waals surface area contributed by atoms with Gasteiger partial charge in [0.25, 0.3) is 0 Å². The summed E-state index contributed by atoms with van der Waals surface area (Å²) in [4.78, 5) is 19.2. The Hall–Kier alpha value is -3.08. The molecule has 0 atom stereocenters. The number of oxazole rings is 1. The smallest absolute Gasteiger partial charge is 0.227 e. The quantitative estimate of drug-likeness (QED) is 0.709. The van der Waals surface area contributed by atoms with Crippen molar-refractivity contribution in [1.82, 2.24) is 4.98 Å². The summed E-state index contributed by atoms with van der Waals surface area (Å²) in [5.74, 6) is 1.46. The Labute approximate surface area is 158 Å². The van der Waals surface area contributed by atoms with Crippen LogP contribution < -0.4 is 10.6 Å². The Bertz CT molecular complexity index is 963. The van der Waals surface area contributed by atoms with Gasteiger partial charge in [-0.2, -0.15) is 0 Å². The van der Waals surface area contributed by atoms with Crippen molar-refractivity contribution in [3.8, 4) is 11.3 Å². The molecule has 27 heavy (non-hydrogen) atoms. The number of nitrogens with two attached hydrogens (primary N) is 1. The highest BCUT2D eigenvalue weighted by Gasteiger charge is 2.24. The topological polar surface area (TPSA) is 72.4 Å². The minimum absolute atomic E-state index is 0.0821. The maximum absolute atomic E-state index is 12.8. The zero-order chi connectivity index (χ0) is 18.8. The van der Waals surface area contributed by atoms with E-state index in [0.717, 1.165) is 53.3 Å². The van der Waals surface area contributed by atoms with Crippen LogP contribution in [0.25, 0.3) is 11.3 Å². The lowest BCUT2D eigenvalue weighted by Gasteiger charge is -2.30. The highest BCUT2D eigenvalue weighted by atomic mass is 16.4. The average molecular weight is 361 g/mol. The molecule has 1 aliphatic heterocycles. The van der Waals surface area contributed by atoms with Crippen LogP contribution in [0.3, 0.4) is 0 Å². The lowest BCUT2D eigenvalue weighted by Crippen LogP contribution is -2.35. The number of aromatic nitrogens is 1. The van der Waals surface area contributed by atoms with Crippen LogP contribution in [0, 0.1) is 6.92 Å². The fourth-order valence-corrected chi connectivity index (χ4v) is 3.68. The predicted molar refractivity (Wildman–Crippen MR) is 107 cm³/mol.